The van der Waals surface area contributed by atoms with Gasteiger partial charge in [-0.2, -0.15) is 0 Å². The van der Waals surface area contributed by atoms with E-state index in [1.165, 1.54) is 38.5 Å². The Bertz CT molecular complexity index is 143. The lowest BCUT2D eigenvalue weighted by molar-refractivity contribution is 0.432. The Balaban J connectivity index is 2.18. The third kappa shape index (κ3) is 3.76. The third-order valence-corrected chi connectivity index (χ3v) is 4.22. The molecule has 1 rings (SSSR count). The first-order valence-corrected chi connectivity index (χ1v) is 6.63. The lowest BCUT2D eigenvalue weighted by Crippen LogP contribution is -2.13. The maximum absolute atomic E-state index is 2.34. The summed E-state index contributed by atoms with van der Waals surface area (Å²) in [6, 6.07) is 0. The molecule has 0 saturated heterocycles. The summed E-state index contributed by atoms with van der Waals surface area (Å²) < 4.78 is 0. The molecule has 0 fully saturated rings. The molecule has 13 heavy (non-hydrogen) atoms. The standard InChI is InChI=1S/C12H22S/c1-3-5-6-8-11(4-2)12-9-7-10-13-12/h7,10-12H,3-6,8-9H2,1-2H3. The quantitative estimate of drug-likeness (QED) is 0.562. The Labute approximate surface area is 87.2 Å². The molecule has 0 saturated carbocycles. The van der Waals surface area contributed by atoms with Crippen LogP contribution in [0.1, 0.15) is 52.4 Å². The van der Waals surface area contributed by atoms with E-state index in [0.29, 0.717) is 0 Å². The zero-order valence-electron chi connectivity index (χ0n) is 8.96. The van der Waals surface area contributed by atoms with Crippen LogP contribution in [0, 0.1) is 5.92 Å². The van der Waals surface area contributed by atoms with Gasteiger partial charge in [-0.3, -0.25) is 0 Å². The zero-order valence-corrected chi connectivity index (χ0v) is 9.78. The number of rotatable bonds is 6. The Kier molecular flexibility index (Phi) is 5.61. The molecule has 0 N–H and O–H groups in total. The Hall–Kier alpha value is 0.0900. The second-order valence-electron chi connectivity index (χ2n) is 3.95. The predicted octanol–water partition coefficient (Wildman–Crippen LogP) is 4.61. The molecule has 0 aromatic rings. The van der Waals surface area contributed by atoms with Crippen molar-refractivity contribution in [1.82, 2.24) is 0 Å². The molecule has 1 aliphatic rings. The first kappa shape index (κ1) is 11.2. The van der Waals surface area contributed by atoms with Crippen molar-refractivity contribution < 1.29 is 0 Å². The highest BCUT2D eigenvalue weighted by molar-refractivity contribution is 8.03. The molecule has 0 nitrogen and oxygen atoms in total. The number of hydrogen-bond donors (Lipinski definition) is 0. The Morgan fingerprint density at radius 3 is 2.77 bits per heavy atom. The first-order chi connectivity index (χ1) is 6.38. The molecule has 0 aromatic heterocycles. The number of hydrogen-bond acceptors (Lipinski definition) is 1. The van der Waals surface area contributed by atoms with Crippen molar-refractivity contribution in [2.24, 2.45) is 5.92 Å². The summed E-state index contributed by atoms with van der Waals surface area (Å²) in [5, 5.41) is 3.19. The van der Waals surface area contributed by atoms with E-state index in [4.69, 9.17) is 0 Å². The highest BCUT2D eigenvalue weighted by atomic mass is 32.2. The molecule has 0 bridgehead atoms. The average Bonchev–Trinajstić information content (AvgIpc) is 2.65. The molecule has 2 unspecified atom stereocenters. The smallest absolute Gasteiger partial charge is 0.0151 e. The average molecular weight is 198 g/mol. The van der Waals surface area contributed by atoms with Gasteiger partial charge in [-0.25, -0.2) is 0 Å². The van der Waals surface area contributed by atoms with Crippen LogP contribution in [-0.2, 0) is 0 Å². The number of allylic oxidation sites excluding steroid dienone is 1. The van der Waals surface area contributed by atoms with Gasteiger partial charge in [-0.1, -0.05) is 45.6 Å². The van der Waals surface area contributed by atoms with Crippen LogP contribution in [0.5, 0.6) is 0 Å². The van der Waals surface area contributed by atoms with Crippen molar-refractivity contribution in [2.45, 2.75) is 57.6 Å². The third-order valence-electron chi connectivity index (χ3n) is 2.95. The summed E-state index contributed by atoms with van der Waals surface area (Å²) in [7, 11) is 0. The van der Waals surface area contributed by atoms with Crippen LogP contribution in [0.15, 0.2) is 11.5 Å². The molecule has 1 aliphatic heterocycles. The molecule has 0 spiro atoms. The molecule has 2 atom stereocenters. The van der Waals surface area contributed by atoms with E-state index in [0.717, 1.165) is 11.2 Å². The summed E-state index contributed by atoms with van der Waals surface area (Å²) in [4.78, 5) is 0. The SMILES string of the molecule is CCCCCC(CC)C1CC=CS1. The molecular formula is C12H22S. The van der Waals surface area contributed by atoms with Gasteiger partial charge in [0.1, 0.15) is 0 Å². The van der Waals surface area contributed by atoms with Gasteiger partial charge >= 0.3 is 0 Å². The van der Waals surface area contributed by atoms with Gasteiger partial charge in [0, 0.05) is 5.25 Å². The summed E-state index contributed by atoms with van der Waals surface area (Å²) in [6.07, 6.45) is 10.7. The predicted molar refractivity (Wildman–Crippen MR) is 63.1 cm³/mol. The van der Waals surface area contributed by atoms with Gasteiger partial charge in [-0.05, 0) is 24.2 Å². The Morgan fingerprint density at radius 2 is 2.23 bits per heavy atom. The van der Waals surface area contributed by atoms with Gasteiger partial charge in [0.2, 0.25) is 0 Å². The topological polar surface area (TPSA) is 0 Å². The number of thioether (sulfide) groups is 1. The molecular weight excluding hydrogens is 176 g/mol. The largest absolute Gasteiger partial charge is 0.130 e. The highest BCUT2D eigenvalue weighted by Gasteiger charge is 2.20. The van der Waals surface area contributed by atoms with Crippen LogP contribution < -0.4 is 0 Å². The van der Waals surface area contributed by atoms with Gasteiger partial charge < -0.3 is 0 Å². The van der Waals surface area contributed by atoms with Gasteiger partial charge in [0.05, 0.1) is 0 Å². The van der Waals surface area contributed by atoms with Crippen LogP contribution >= 0.6 is 11.8 Å². The lowest BCUT2D eigenvalue weighted by Gasteiger charge is -2.20. The van der Waals surface area contributed by atoms with Gasteiger partial charge in [0.25, 0.3) is 0 Å². The Morgan fingerprint density at radius 1 is 1.38 bits per heavy atom. The van der Waals surface area contributed by atoms with Crippen LogP contribution in [0.25, 0.3) is 0 Å². The van der Waals surface area contributed by atoms with Crippen molar-refractivity contribution >= 4 is 11.8 Å². The molecule has 1 heterocycles. The molecule has 76 valence electrons. The second-order valence-corrected chi connectivity index (χ2v) is 5.10. The lowest BCUT2D eigenvalue weighted by atomic mass is 9.93. The van der Waals surface area contributed by atoms with E-state index >= 15 is 0 Å². The van der Waals surface area contributed by atoms with Crippen LogP contribution in [0.2, 0.25) is 0 Å². The van der Waals surface area contributed by atoms with E-state index in [1.807, 2.05) is 0 Å². The fourth-order valence-corrected chi connectivity index (χ4v) is 3.21. The minimum atomic E-state index is 0.904. The van der Waals surface area contributed by atoms with E-state index in [2.05, 4.69) is 37.1 Å². The van der Waals surface area contributed by atoms with Crippen molar-refractivity contribution in [1.29, 1.82) is 0 Å². The molecule has 0 aliphatic carbocycles. The van der Waals surface area contributed by atoms with Crippen molar-refractivity contribution in [3.8, 4) is 0 Å². The summed E-state index contributed by atoms with van der Waals surface area (Å²) >= 11 is 2.05. The summed E-state index contributed by atoms with van der Waals surface area (Å²) in [5.74, 6) is 0.964. The van der Waals surface area contributed by atoms with Crippen molar-refractivity contribution in [3.63, 3.8) is 0 Å². The first-order valence-electron chi connectivity index (χ1n) is 5.69. The minimum absolute atomic E-state index is 0.904. The van der Waals surface area contributed by atoms with Gasteiger partial charge in [-0.15, -0.1) is 11.8 Å². The molecule has 0 radical (unpaired) electrons. The van der Waals surface area contributed by atoms with Crippen LogP contribution in [0.3, 0.4) is 0 Å². The van der Waals surface area contributed by atoms with E-state index in [1.54, 1.807) is 0 Å². The second kappa shape index (κ2) is 6.53. The maximum Gasteiger partial charge on any atom is 0.0151 e. The summed E-state index contributed by atoms with van der Waals surface area (Å²) in [6.45, 7) is 4.63. The van der Waals surface area contributed by atoms with Crippen molar-refractivity contribution in [3.05, 3.63) is 11.5 Å². The monoisotopic (exact) mass is 198 g/mol. The van der Waals surface area contributed by atoms with Crippen molar-refractivity contribution in [2.75, 3.05) is 0 Å². The van der Waals surface area contributed by atoms with Crippen LogP contribution in [-0.4, -0.2) is 5.25 Å². The minimum Gasteiger partial charge on any atom is -0.130 e. The highest BCUT2D eigenvalue weighted by Crippen LogP contribution is 2.34. The maximum atomic E-state index is 2.34. The fourth-order valence-electron chi connectivity index (χ4n) is 2.01. The van der Waals surface area contributed by atoms with E-state index in [-0.39, 0.29) is 0 Å². The van der Waals surface area contributed by atoms with E-state index < -0.39 is 0 Å². The molecule has 0 amide bonds. The fraction of sp³-hybridized carbons (Fsp3) is 0.833. The zero-order chi connectivity index (χ0) is 9.52. The van der Waals surface area contributed by atoms with Gasteiger partial charge in [0.15, 0.2) is 0 Å². The molecule has 0 aromatic carbocycles. The summed E-state index contributed by atoms with van der Waals surface area (Å²) in [5.41, 5.74) is 0. The normalized spacial score (nSPS) is 23.7. The number of unbranched alkanes of at least 4 members (excludes halogenated alkanes) is 2. The molecule has 1 heteroatoms. The van der Waals surface area contributed by atoms with E-state index in [9.17, 15) is 0 Å². The van der Waals surface area contributed by atoms with Crippen LogP contribution in [0.4, 0.5) is 0 Å².